The Hall–Kier alpha value is -1.39. The first-order valence-electron chi connectivity index (χ1n) is 6.86. The van der Waals surface area contributed by atoms with Crippen LogP contribution in [0.2, 0.25) is 0 Å². The fourth-order valence-electron chi connectivity index (χ4n) is 2.05. The molecule has 0 aliphatic heterocycles. The van der Waals surface area contributed by atoms with Crippen LogP contribution in [0, 0.1) is 13.8 Å². The van der Waals surface area contributed by atoms with E-state index in [1.165, 1.54) is 16.7 Å². The van der Waals surface area contributed by atoms with Crippen LogP contribution in [0.15, 0.2) is 46.9 Å². The summed E-state index contributed by atoms with van der Waals surface area (Å²) in [5.41, 5.74) is 4.80. The van der Waals surface area contributed by atoms with Crippen LogP contribution in [-0.4, -0.2) is 5.11 Å². The van der Waals surface area contributed by atoms with Gasteiger partial charge in [0.1, 0.15) is 0 Å². The van der Waals surface area contributed by atoms with Crippen molar-refractivity contribution < 1.29 is 0 Å². The lowest BCUT2D eigenvalue weighted by molar-refractivity contribution is 0.721. The van der Waals surface area contributed by atoms with Crippen molar-refractivity contribution in [2.24, 2.45) is 0 Å². The number of hydrogen-bond donors (Lipinski definition) is 2. The summed E-state index contributed by atoms with van der Waals surface area (Å²) in [5, 5.41) is 7.14. The summed E-state index contributed by atoms with van der Waals surface area (Å²) in [5.74, 6) is 0. The molecule has 0 aromatic heterocycles. The molecule has 0 radical (unpaired) electrons. The molecule has 110 valence electrons. The number of hydrogen-bond acceptors (Lipinski definition) is 1. The van der Waals surface area contributed by atoms with Gasteiger partial charge in [0.15, 0.2) is 5.11 Å². The van der Waals surface area contributed by atoms with Gasteiger partial charge in [0.25, 0.3) is 0 Å². The number of halogens is 1. The van der Waals surface area contributed by atoms with E-state index in [9.17, 15) is 0 Å². The molecule has 1 atom stereocenters. The van der Waals surface area contributed by atoms with E-state index in [0.717, 1.165) is 10.2 Å². The van der Waals surface area contributed by atoms with Crippen molar-refractivity contribution in [3.05, 3.63) is 63.6 Å². The zero-order chi connectivity index (χ0) is 15.4. The third-order valence-electron chi connectivity index (χ3n) is 3.46. The minimum absolute atomic E-state index is 0.163. The quantitative estimate of drug-likeness (QED) is 0.741. The number of rotatable bonds is 3. The lowest BCUT2D eigenvalue weighted by Crippen LogP contribution is -2.30. The fraction of sp³-hybridized carbons (Fsp3) is 0.235. The van der Waals surface area contributed by atoms with Crippen molar-refractivity contribution in [3.63, 3.8) is 0 Å². The van der Waals surface area contributed by atoms with Gasteiger partial charge in [0.05, 0.1) is 6.04 Å². The molecule has 2 rings (SSSR count). The maximum atomic E-state index is 5.38. The Bertz CT molecular complexity index is 655. The van der Waals surface area contributed by atoms with Crippen molar-refractivity contribution in [3.8, 4) is 0 Å². The molecule has 2 aromatic rings. The second-order valence-corrected chi connectivity index (χ2v) is 6.50. The Morgan fingerprint density at radius 1 is 1.10 bits per heavy atom. The third kappa shape index (κ3) is 4.55. The molecular formula is C17H19BrN2S. The molecule has 4 heteroatoms. The van der Waals surface area contributed by atoms with E-state index in [0.29, 0.717) is 5.11 Å². The molecule has 0 aliphatic carbocycles. The summed E-state index contributed by atoms with van der Waals surface area (Å²) in [7, 11) is 0. The number of benzene rings is 2. The highest BCUT2D eigenvalue weighted by Gasteiger charge is 2.08. The number of anilines is 1. The zero-order valence-corrected chi connectivity index (χ0v) is 14.8. The van der Waals surface area contributed by atoms with Gasteiger partial charge in [-0.1, -0.05) is 40.2 Å². The molecular weight excluding hydrogens is 344 g/mol. The first-order valence-corrected chi connectivity index (χ1v) is 8.06. The lowest BCUT2D eigenvalue weighted by Gasteiger charge is -2.18. The van der Waals surface area contributed by atoms with Gasteiger partial charge in [-0.3, -0.25) is 0 Å². The van der Waals surface area contributed by atoms with Gasteiger partial charge in [-0.25, -0.2) is 0 Å². The molecule has 0 saturated carbocycles. The minimum atomic E-state index is 0.163. The minimum Gasteiger partial charge on any atom is -0.356 e. The molecule has 2 nitrogen and oxygen atoms in total. The van der Waals surface area contributed by atoms with Gasteiger partial charge in [-0.05, 0) is 67.9 Å². The fourth-order valence-corrected chi connectivity index (χ4v) is 2.74. The van der Waals surface area contributed by atoms with Gasteiger partial charge >= 0.3 is 0 Å². The zero-order valence-electron chi connectivity index (χ0n) is 12.4. The molecule has 0 saturated heterocycles. The van der Waals surface area contributed by atoms with Crippen LogP contribution in [0.5, 0.6) is 0 Å². The van der Waals surface area contributed by atoms with Crippen LogP contribution < -0.4 is 10.6 Å². The Morgan fingerprint density at radius 2 is 1.86 bits per heavy atom. The Labute approximate surface area is 140 Å². The third-order valence-corrected chi connectivity index (χ3v) is 4.17. The summed E-state index contributed by atoms with van der Waals surface area (Å²) in [6.07, 6.45) is 0. The molecule has 0 heterocycles. The largest absolute Gasteiger partial charge is 0.356 e. The summed E-state index contributed by atoms with van der Waals surface area (Å²) < 4.78 is 1.03. The summed E-state index contributed by atoms with van der Waals surface area (Å²) in [6.45, 7) is 6.36. The maximum absolute atomic E-state index is 5.38. The van der Waals surface area contributed by atoms with Crippen LogP contribution in [-0.2, 0) is 0 Å². The van der Waals surface area contributed by atoms with Gasteiger partial charge in [0, 0.05) is 10.2 Å². The second-order valence-electron chi connectivity index (χ2n) is 5.17. The van der Waals surface area contributed by atoms with E-state index in [1.807, 2.05) is 24.3 Å². The van der Waals surface area contributed by atoms with Gasteiger partial charge in [-0.15, -0.1) is 0 Å². The SMILES string of the molecule is Cc1ccc([C@@H](C)NC(=S)Nc2cccc(Br)c2)cc1C. The molecule has 0 unspecified atom stereocenters. The smallest absolute Gasteiger partial charge is 0.171 e. The van der Waals surface area contributed by atoms with E-state index in [1.54, 1.807) is 0 Å². The Morgan fingerprint density at radius 3 is 2.52 bits per heavy atom. The van der Waals surface area contributed by atoms with Crippen LogP contribution >= 0.6 is 28.1 Å². The summed E-state index contributed by atoms with van der Waals surface area (Å²) in [4.78, 5) is 0. The van der Waals surface area contributed by atoms with Crippen LogP contribution in [0.3, 0.4) is 0 Å². The molecule has 0 aliphatic rings. The summed E-state index contributed by atoms with van der Waals surface area (Å²) >= 11 is 8.83. The van der Waals surface area contributed by atoms with Crippen molar-refractivity contribution in [2.75, 3.05) is 5.32 Å². The lowest BCUT2D eigenvalue weighted by atomic mass is 10.0. The average molecular weight is 363 g/mol. The predicted octanol–water partition coefficient (Wildman–Crippen LogP) is 5.11. The molecule has 0 spiro atoms. The van der Waals surface area contributed by atoms with Crippen LogP contribution in [0.1, 0.15) is 29.7 Å². The Balaban J connectivity index is 2.00. The predicted molar refractivity (Wildman–Crippen MR) is 97.8 cm³/mol. The van der Waals surface area contributed by atoms with Crippen molar-refractivity contribution >= 4 is 38.9 Å². The monoisotopic (exact) mass is 362 g/mol. The molecule has 21 heavy (non-hydrogen) atoms. The maximum Gasteiger partial charge on any atom is 0.171 e. The molecule has 0 bridgehead atoms. The summed E-state index contributed by atoms with van der Waals surface area (Å²) in [6, 6.07) is 14.6. The van der Waals surface area contributed by atoms with Crippen LogP contribution in [0.4, 0.5) is 5.69 Å². The van der Waals surface area contributed by atoms with Crippen molar-refractivity contribution in [1.29, 1.82) is 0 Å². The van der Waals surface area contributed by atoms with Gasteiger partial charge in [-0.2, -0.15) is 0 Å². The van der Waals surface area contributed by atoms with Crippen LogP contribution in [0.25, 0.3) is 0 Å². The first-order chi connectivity index (χ1) is 9.95. The van der Waals surface area contributed by atoms with Gasteiger partial charge < -0.3 is 10.6 Å². The van der Waals surface area contributed by atoms with E-state index in [-0.39, 0.29) is 6.04 Å². The highest BCUT2D eigenvalue weighted by atomic mass is 79.9. The van der Waals surface area contributed by atoms with E-state index in [2.05, 4.69) is 65.5 Å². The number of nitrogens with one attached hydrogen (secondary N) is 2. The van der Waals surface area contributed by atoms with E-state index >= 15 is 0 Å². The van der Waals surface area contributed by atoms with E-state index < -0.39 is 0 Å². The molecule has 2 N–H and O–H groups in total. The number of thiocarbonyl (C=S) groups is 1. The standard InChI is InChI=1S/C17H19BrN2S/c1-11-7-8-14(9-12(11)2)13(3)19-17(21)20-16-6-4-5-15(18)10-16/h4-10,13H,1-3H3,(H2,19,20,21)/t13-/m1/s1. The average Bonchev–Trinajstić information content (AvgIpc) is 2.41. The topological polar surface area (TPSA) is 24.1 Å². The molecule has 0 fully saturated rings. The highest BCUT2D eigenvalue weighted by Crippen LogP contribution is 2.18. The van der Waals surface area contributed by atoms with Gasteiger partial charge in [0.2, 0.25) is 0 Å². The number of aryl methyl sites for hydroxylation is 2. The molecule has 0 amide bonds. The highest BCUT2D eigenvalue weighted by molar-refractivity contribution is 9.10. The normalized spacial score (nSPS) is 11.8. The van der Waals surface area contributed by atoms with Crippen molar-refractivity contribution in [1.82, 2.24) is 5.32 Å². The second kappa shape index (κ2) is 7.05. The molecule has 2 aromatic carbocycles. The van der Waals surface area contributed by atoms with E-state index in [4.69, 9.17) is 12.2 Å². The Kier molecular flexibility index (Phi) is 5.37. The first kappa shape index (κ1) is 16.0. The van der Waals surface area contributed by atoms with Crippen molar-refractivity contribution in [2.45, 2.75) is 26.8 Å².